The van der Waals surface area contributed by atoms with Gasteiger partial charge in [-0.1, -0.05) is 13.3 Å². The Morgan fingerprint density at radius 3 is 2.42 bits per heavy atom. The molecule has 5 heteroatoms. The van der Waals surface area contributed by atoms with E-state index in [-0.39, 0.29) is 5.69 Å². The van der Waals surface area contributed by atoms with Crippen LogP contribution in [0.3, 0.4) is 0 Å². The van der Waals surface area contributed by atoms with E-state index in [1.54, 1.807) is 0 Å². The zero-order valence-electron chi connectivity index (χ0n) is 7.53. The molecule has 0 aliphatic heterocycles. The molecule has 0 aliphatic carbocycles. The lowest BCUT2D eigenvalue weighted by Crippen LogP contribution is -2.24. The topological polar surface area (TPSA) is 52.7 Å². The highest BCUT2D eigenvalue weighted by molar-refractivity contribution is 4.57. The molecule has 0 aliphatic rings. The fourth-order valence-corrected chi connectivity index (χ4v) is 0.953. The molecule has 12 heavy (non-hydrogen) atoms. The van der Waals surface area contributed by atoms with Crippen molar-refractivity contribution in [2.45, 2.75) is 39.8 Å². The summed E-state index contributed by atoms with van der Waals surface area (Å²) < 4.78 is 2.77. The summed E-state index contributed by atoms with van der Waals surface area (Å²) in [6, 6.07) is 0. The highest BCUT2D eigenvalue weighted by Crippen LogP contribution is 1.87. The van der Waals surface area contributed by atoms with E-state index in [4.69, 9.17) is 0 Å². The van der Waals surface area contributed by atoms with Gasteiger partial charge in [0.25, 0.3) is 0 Å². The van der Waals surface area contributed by atoms with Crippen LogP contribution in [0.4, 0.5) is 0 Å². The maximum atomic E-state index is 11.3. The molecule has 0 aromatic carbocycles. The van der Waals surface area contributed by atoms with Crippen LogP contribution in [-0.2, 0) is 13.1 Å². The fraction of sp³-hybridized carbons (Fsp3) is 0.857. The fourth-order valence-electron chi connectivity index (χ4n) is 0.953. The predicted molar refractivity (Wildman–Crippen MR) is 44.9 cm³/mol. The minimum atomic E-state index is -0.106. The second-order valence-corrected chi connectivity index (χ2v) is 2.65. The van der Waals surface area contributed by atoms with Gasteiger partial charge in [0.1, 0.15) is 0 Å². The van der Waals surface area contributed by atoms with Gasteiger partial charge in [-0.3, -0.25) is 0 Å². The van der Waals surface area contributed by atoms with Crippen molar-refractivity contribution in [3.8, 4) is 0 Å². The largest absolute Gasteiger partial charge is 0.363 e. The maximum absolute atomic E-state index is 11.3. The summed E-state index contributed by atoms with van der Waals surface area (Å²) in [6.45, 7) is 5.22. The van der Waals surface area contributed by atoms with Crippen LogP contribution in [0.1, 0.15) is 26.7 Å². The van der Waals surface area contributed by atoms with Crippen molar-refractivity contribution in [2.75, 3.05) is 0 Å². The lowest BCUT2D eigenvalue weighted by molar-refractivity contribution is 0.539. The van der Waals surface area contributed by atoms with Crippen molar-refractivity contribution < 1.29 is 0 Å². The van der Waals surface area contributed by atoms with E-state index in [1.807, 2.05) is 6.92 Å². The van der Waals surface area contributed by atoms with Crippen LogP contribution in [0.25, 0.3) is 0 Å². The Morgan fingerprint density at radius 1 is 1.25 bits per heavy atom. The van der Waals surface area contributed by atoms with Crippen LogP contribution in [-0.4, -0.2) is 19.8 Å². The van der Waals surface area contributed by atoms with Gasteiger partial charge >= 0.3 is 5.69 Å². The summed E-state index contributed by atoms with van der Waals surface area (Å²) >= 11 is 0. The molecule has 1 rings (SSSR count). The van der Waals surface area contributed by atoms with E-state index in [9.17, 15) is 4.79 Å². The van der Waals surface area contributed by atoms with Gasteiger partial charge in [-0.2, -0.15) is 9.36 Å². The molecule has 0 fully saturated rings. The second-order valence-electron chi connectivity index (χ2n) is 2.65. The van der Waals surface area contributed by atoms with Crippen LogP contribution in [0.2, 0.25) is 0 Å². The smallest absolute Gasteiger partial charge is 0.244 e. The first kappa shape index (κ1) is 8.96. The monoisotopic (exact) mass is 170 g/mol. The van der Waals surface area contributed by atoms with E-state index < -0.39 is 0 Å². The number of unbranched alkanes of at least 4 members (excludes halogenated alkanes) is 1. The number of nitrogens with zero attached hydrogens (tertiary/aromatic N) is 4. The lowest BCUT2D eigenvalue weighted by atomic mass is 10.3. The molecule has 0 N–H and O–H groups in total. The van der Waals surface area contributed by atoms with Crippen molar-refractivity contribution in [3.63, 3.8) is 0 Å². The highest BCUT2D eigenvalue weighted by atomic mass is 16.2. The van der Waals surface area contributed by atoms with E-state index in [1.165, 1.54) is 9.36 Å². The third-order valence-corrected chi connectivity index (χ3v) is 1.72. The number of rotatable bonds is 4. The minimum Gasteiger partial charge on any atom is -0.244 e. The first-order valence-corrected chi connectivity index (χ1v) is 4.30. The third kappa shape index (κ3) is 1.72. The SMILES string of the molecule is CCCCn1nnn(CC)c1=O. The molecule has 0 atom stereocenters. The van der Waals surface area contributed by atoms with Gasteiger partial charge in [-0.05, 0) is 23.8 Å². The maximum Gasteiger partial charge on any atom is 0.363 e. The Bertz CT molecular complexity index is 288. The summed E-state index contributed by atoms with van der Waals surface area (Å²) in [5, 5.41) is 7.45. The van der Waals surface area contributed by atoms with Gasteiger partial charge in [-0.15, -0.1) is 0 Å². The highest BCUT2D eigenvalue weighted by Gasteiger charge is 2.02. The standard InChI is InChI=1S/C7H14N4O/c1-3-5-6-11-7(12)10(4-2)8-9-11/h3-6H2,1-2H3. The van der Waals surface area contributed by atoms with E-state index >= 15 is 0 Å². The average Bonchev–Trinajstić information content (AvgIpc) is 2.43. The quantitative estimate of drug-likeness (QED) is 0.651. The molecule has 0 unspecified atom stereocenters. The van der Waals surface area contributed by atoms with E-state index in [2.05, 4.69) is 17.4 Å². The Kier molecular flexibility index (Phi) is 3.01. The molecular weight excluding hydrogens is 156 g/mol. The van der Waals surface area contributed by atoms with Crippen molar-refractivity contribution in [1.29, 1.82) is 0 Å². The molecule has 1 heterocycles. The zero-order chi connectivity index (χ0) is 8.97. The molecule has 0 bridgehead atoms. The summed E-state index contributed by atoms with van der Waals surface area (Å²) in [4.78, 5) is 11.3. The Labute approximate surface area is 71.0 Å². The number of hydrogen-bond acceptors (Lipinski definition) is 3. The van der Waals surface area contributed by atoms with Gasteiger partial charge in [0, 0.05) is 13.1 Å². The molecule has 0 radical (unpaired) electrons. The summed E-state index contributed by atoms with van der Waals surface area (Å²) in [6.07, 6.45) is 2.04. The summed E-state index contributed by atoms with van der Waals surface area (Å²) in [5.41, 5.74) is -0.106. The van der Waals surface area contributed by atoms with Crippen molar-refractivity contribution >= 4 is 0 Å². The van der Waals surface area contributed by atoms with Crippen LogP contribution in [0.15, 0.2) is 4.79 Å². The second kappa shape index (κ2) is 4.04. The van der Waals surface area contributed by atoms with E-state index in [0.29, 0.717) is 13.1 Å². The van der Waals surface area contributed by atoms with Crippen LogP contribution >= 0.6 is 0 Å². The van der Waals surface area contributed by atoms with E-state index in [0.717, 1.165) is 12.8 Å². The molecular formula is C7H14N4O. The number of aryl methyl sites for hydroxylation is 2. The van der Waals surface area contributed by atoms with Crippen molar-refractivity contribution in [1.82, 2.24) is 19.8 Å². The van der Waals surface area contributed by atoms with Crippen molar-refractivity contribution in [3.05, 3.63) is 10.5 Å². The molecule has 0 saturated heterocycles. The van der Waals surface area contributed by atoms with Crippen LogP contribution in [0, 0.1) is 0 Å². The Hall–Kier alpha value is -1.13. The zero-order valence-corrected chi connectivity index (χ0v) is 7.53. The Balaban J connectivity index is 2.73. The van der Waals surface area contributed by atoms with Gasteiger partial charge in [-0.25, -0.2) is 4.79 Å². The molecule has 0 spiro atoms. The summed E-state index contributed by atoms with van der Waals surface area (Å²) in [5.74, 6) is 0. The van der Waals surface area contributed by atoms with Crippen LogP contribution < -0.4 is 5.69 Å². The molecule has 0 amide bonds. The third-order valence-electron chi connectivity index (χ3n) is 1.72. The molecule has 1 aromatic heterocycles. The minimum absolute atomic E-state index is 0.106. The van der Waals surface area contributed by atoms with Crippen LogP contribution in [0.5, 0.6) is 0 Å². The molecule has 0 saturated carbocycles. The first-order chi connectivity index (χ1) is 5.79. The van der Waals surface area contributed by atoms with Crippen molar-refractivity contribution in [2.24, 2.45) is 0 Å². The molecule has 1 aromatic rings. The first-order valence-electron chi connectivity index (χ1n) is 4.30. The molecule has 68 valence electrons. The van der Waals surface area contributed by atoms with Gasteiger partial charge in [0.15, 0.2) is 0 Å². The number of tetrazole rings is 1. The van der Waals surface area contributed by atoms with Gasteiger partial charge in [0.05, 0.1) is 0 Å². The summed E-state index contributed by atoms with van der Waals surface area (Å²) in [7, 11) is 0. The number of hydrogen-bond donors (Lipinski definition) is 0. The predicted octanol–water partition coefficient (Wildman–Crippen LogP) is 0.260. The normalized spacial score (nSPS) is 10.5. The average molecular weight is 170 g/mol. The number of aromatic nitrogens is 4. The molecule has 5 nitrogen and oxygen atoms in total. The lowest BCUT2D eigenvalue weighted by Gasteiger charge is -1.93. The van der Waals surface area contributed by atoms with Gasteiger partial charge in [0.2, 0.25) is 0 Å². The Morgan fingerprint density at radius 2 is 1.92 bits per heavy atom. The van der Waals surface area contributed by atoms with Gasteiger partial charge < -0.3 is 0 Å².